The minimum atomic E-state index is -0.235. The zero-order valence-corrected chi connectivity index (χ0v) is 13.5. The van der Waals surface area contributed by atoms with E-state index < -0.39 is 0 Å². The molecule has 3 rings (SSSR count). The van der Waals surface area contributed by atoms with Crippen molar-refractivity contribution in [3.05, 3.63) is 63.1 Å². The van der Waals surface area contributed by atoms with E-state index in [0.29, 0.717) is 10.7 Å². The molecule has 0 saturated carbocycles. The molecule has 0 bridgehead atoms. The lowest BCUT2D eigenvalue weighted by atomic mass is 10.1. The van der Waals surface area contributed by atoms with Crippen LogP contribution in [-0.4, -0.2) is 6.03 Å². The number of halogens is 2. The zero-order chi connectivity index (χ0) is 14.8. The summed E-state index contributed by atoms with van der Waals surface area (Å²) in [5.41, 5.74) is 3.11. The van der Waals surface area contributed by atoms with Crippen molar-refractivity contribution in [1.29, 1.82) is 0 Å². The lowest BCUT2D eigenvalue weighted by molar-refractivity contribution is 0.248. The van der Waals surface area contributed by atoms with E-state index in [9.17, 15) is 4.79 Å². The lowest BCUT2D eigenvalue weighted by Crippen LogP contribution is -2.31. The van der Waals surface area contributed by atoms with Crippen LogP contribution in [0.1, 0.15) is 23.6 Å². The summed E-state index contributed by atoms with van der Waals surface area (Å²) in [5, 5.41) is 6.30. The fourth-order valence-electron chi connectivity index (χ4n) is 2.61. The number of hydrogen-bond acceptors (Lipinski definition) is 1. The summed E-state index contributed by atoms with van der Waals surface area (Å²) in [6.45, 7) is 0. The summed E-state index contributed by atoms with van der Waals surface area (Å²) in [4.78, 5) is 12.1. The van der Waals surface area contributed by atoms with Crippen molar-refractivity contribution < 1.29 is 4.79 Å². The molecule has 0 spiro atoms. The minimum absolute atomic E-state index is 0.0652. The number of fused-ring (bicyclic) bond motifs is 1. The van der Waals surface area contributed by atoms with Gasteiger partial charge in [0.25, 0.3) is 0 Å². The summed E-state index contributed by atoms with van der Waals surface area (Å²) in [6.07, 6.45) is 1.93. The Bertz CT molecular complexity index is 690. The molecule has 0 radical (unpaired) electrons. The van der Waals surface area contributed by atoms with E-state index >= 15 is 0 Å². The molecule has 5 heteroatoms. The van der Waals surface area contributed by atoms with Crippen molar-refractivity contribution in [2.75, 3.05) is 5.32 Å². The highest BCUT2D eigenvalue weighted by Crippen LogP contribution is 2.31. The van der Waals surface area contributed by atoms with Crippen LogP contribution in [0.15, 0.2) is 46.9 Å². The van der Waals surface area contributed by atoms with Gasteiger partial charge in [0.05, 0.1) is 16.8 Å². The first-order valence-corrected chi connectivity index (χ1v) is 7.91. The molecule has 0 heterocycles. The molecule has 108 valence electrons. The van der Waals surface area contributed by atoms with E-state index in [4.69, 9.17) is 11.6 Å². The first-order chi connectivity index (χ1) is 10.1. The van der Waals surface area contributed by atoms with Crippen LogP contribution >= 0.6 is 27.5 Å². The maximum atomic E-state index is 12.1. The van der Waals surface area contributed by atoms with E-state index in [-0.39, 0.29) is 12.1 Å². The van der Waals surface area contributed by atoms with E-state index in [1.54, 1.807) is 12.1 Å². The highest BCUT2D eigenvalue weighted by atomic mass is 79.9. The molecular formula is C16H14BrClN2O. The molecule has 2 amide bonds. The number of carbonyl (C=O) groups excluding carboxylic acids is 1. The van der Waals surface area contributed by atoms with Crippen LogP contribution in [0.5, 0.6) is 0 Å². The Kier molecular flexibility index (Phi) is 4.17. The predicted molar refractivity (Wildman–Crippen MR) is 88.8 cm³/mol. The van der Waals surface area contributed by atoms with Crippen LogP contribution in [0.4, 0.5) is 10.5 Å². The maximum Gasteiger partial charge on any atom is 0.319 e. The quantitative estimate of drug-likeness (QED) is 0.780. The molecule has 0 aliphatic heterocycles. The fourth-order valence-corrected chi connectivity index (χ4v) is 3.34. The van der Waals surface area contributed by atoms with Crippen LogP contribution in [0.2, 0.25) is 5.02 Å². The monoisotopic (exact) mass is 364 g/mol. The molecule has 21 heavy (non-hydrogen) atoms. The topological polar surface area (TPSA) is 41.1 Å². The van der Waals surface area contributed by atoms with Crippen molar-refractivity contribution in [2.24, 2.45) is 0 Å². The summed E-state index contributed by atoms with van der Waals surface area (Å²) < 4.78 is 0.878. The van der Waals surface area contributed by atoms with Gasteiger partial charge < -0.3 is 10.6 Å². The Hall–Kier alpha value is -1.52. The Labute approximate surface area is 136 Å². The molecule has 2 N–H and O–H groups in total. The second-order valence-electron chi connectivity index (χ2n) is 5.01. The molecular weight excluding hydrogens is 352 g/mol. The minimum Gasteiger partial charge on any atom is -0.331 e. The number of anilines is 1. The van der Waals surface area contributed by atoms with Gasteiger partial charge in [0.2, 0.25) is 0 Å². The van der Waals surface area contributed by atoms with Gasteiger partial charge in [0.15, 0.2) is 0 Å². The number of benzene rings is 2. The van der Waals surface area contributed by atoms with Crippen molar-refractivity contribution in [3.63, 3.8) is 0 Å². The third-order valence-corrected chi connectivity index (χ3v) is 4.42. The normalized spacial score (nSPS) is 16.4. The Morgan fingerprint density at radius 1 is 1.24 bits per heavy atom. The molecule has 1 aliphatic carbocycles. The van der Waals surface area contributed by atoms with E-state index in [0.717, 1.165) is 17.3 Å². The number of nitrogens with one attached hydrogen (secondary N) is 2. The van der Waals surface area contributed by atoms with Crippen LogP contribution in [0.25, 0.3) is 0 Å². The summed E-state index contributed by atoms with van der Waals surface area (Å²) in [6, 6.07) is 13.4. The summed E-state index contributed by atoms with van der Waals surface area (Å²) >= 11 is 9.44. The first-order valence-electron chi connectivity index (χ1n) is 6.74. The number of rotatable bonds is 2. The molecule has 1 unspecified atom stereocenters. The van der Waals surface area contributed by atoms with Crippen LogP contribution < -0.4 is 10.6 Å². The predicted octanol–water partition coefficient (Wildman–Crippen LogP) is 4.91. The molecule has 0 aromatic heterocycles. The second kappa shape index (κ2) is 6.08. The second-order valence-corrected chi connectivity index (χ2v) is 6.34. The molecule has 0 fully saturated rings. The molecule has 3 nitrogen and oxygen atoms in total. The highest BCUT2D eigenvalue weighted by Gasteiger charge is 2.23. The van der Waals surface area contributed by atoms with Gasteiger partial charge in [-0.25, -0.2) is 4.79 Å². The first kappa shape index (κ1) is 14.4. The number of carbonyl (C=O) groups is 1. The number of amides is 2. The van der Waals surface area contributed by atoms with Crippen molar-refractivity contribution in [1.82, 2.24) is 5.32 Å². The van der Waals surface area contributed by atoms with E-state index in [1.165, 1.54) is 11.1 Å². The van der Waals surface area contributed by atoms with E-state index in [1.807, 2.05) is 18.2 Å². The standard InChI is InChI=1S/C16H14BrClN2O/c17-11-6-8-15(13(18)9-11)20-16(21)19-14-7-5-10-3-1-2-4-12(10)14/h1-4,6,8-9,14H,5,7H2,(H2,19,20,21). The molecule has 1 atom stereocenters. The van der Waals surface area contributed by atoms with Gasteiger partial charge in [-0.1, -0.05) is 51.8 Å². The van der Waals surface area contributed by atoms with Crippen molar-refractivity contribution >= 4 is 39.2 Å². The SMILES string of the molecule is O=C(Nc1ccc(Br)cc1Cl)NC1CCc2ccccc21. The van der Waals surface area contributed by atoms with Gasteiger partial charge >= 0.3 is 6.03 Å². The number of urea groups is 1. The Balaban J connectivity index is 1.68. The third-order valence-electron chi connectivity index (χ3n) is 3.62. The van der Waals surface area contributed by atoms with Crippen LogP contribution in [0.3, 0.4) is 0 Å². The van der Waals surface area contributed by atoms with Gasteiger partial charge in [0, 0.05) is 4.47 Å². The Morgan fingerprint density at radius 2 is 2.05 bits per heavy atom. The van der Waals surface area contributed by atoms with Gasteiger partial charge in [0.1, 0.15) is 0 Å². The highest BCUT2D eigenvalue weighted by molar-refractivity contribution is 9.10. The molecule has 0 saturated heterocycles. The molecule has 1 aliphatic rings. The van der Waals surface area contributed by atoms with Crippen LogP contribution in [0, 0.1) is 0 Å². The Morgan fingerprint density at radius 3 is 2.86 bits per heavy atom. The third kappa shape index (κ3) is 3.22. The largest absolute Gasteiger partial charge is 0.331 e. The van der Waals surface area contributed by atoms with Crippen molar-refractivity contribution in [3.8, 4) is 0 Å². The lowest BCUT2D eigenvalue weighted by Gasteiger charge is -2.15. The summed E-state index contributed by atoms with van der Waals surface area (Å²) in [7, 11) is 0. The average Bonchev–Trinajstić information content (AvgIpc) is 2.85. The van der Waals surface area contributed by atoms with Gasteiger partial charge in [-0.2, -0.15) is 0 Å². The van der Waals surface area contributed by atoms with Crippen LogP contribution in [-0.2, 0) is 6.42 Å². The van der Waals surface area contributed by atoms with Gasteiger partial charge in [-0.3, -0.25) is 0 Å². The van der Waals surface area contributed by atoms with Crippen molar-refractivity contribution in [2.45, 2.75) is 18.9 Å². The smallest absolute Gasteiger partial charge is 0.319 e. The van der Waals surface area contributed by atoms with Gasteiger partial charge in [-0.05, 0) is 42.2 Å². The fraction of sp³-hybridized carbons (Fsp3) is 0.188. The average molecular weight is 366 g/mol. The number of aryl methyl sites for hydroxylation is 1. The zero-order valence-electron chi connectivity index (χ0n) is 11.2. The molecule has 2 aromatic rings. The maximum absolute atomic E-state index is 12.1. The summed E-state index contributed by atoms with van der Waals surface area (Å²) in [5.74, 6) is 0. The molecule has 2 aromatic carbocycles. The van der Waals surface area contributed by atoms with Gasteiger partial charge in [-0.15, -0.1) is 0 Å². The van der Waals surface area contributed by atoms with E-state index in [2.05, 4.69) is 38.7 Å². The number of hydrogen-bond donors (Lipinski definition) is 2.